The molecule has 1 N–H and O–H groups in total. The lowest BCUT2D eigenvalue weighted by Crippen LogP contribution is -2.19. The van der Waals surface area contributed by atoms with Crippen molar-refractivity contribution in [2.75, 3.05) is 7.11 Å². The highest BCUT2D eigenvalue weighted by Crippen LogP contribution is 2.33. The first kappa shape index (κ1) is 16.0. The maximum Gasteiger partial charge on any atom is 0.418 e. The Bertz CT molecular complexity index is 646. The van der Waals surface area contributed by atoms with Crippen molar-refractivity contribution in [2.45, 2.75) is 12.3 Å². The highest BCUT2D eigenvalue weighted by atomic mass is 19.4. The summed E-state index contributed by atoms with van der Waals surface area (Å²) in [5.41, 5.74) is 1.58. The number of hydrogen-bond donors (Lipinski definition) is 1. The van der Waals surface area contributed by atoms with E-state index < -0.39 is 18.2 Å². The molecule has 0 fully saturated rings. The van der Waals surface area contributed by atoms with E-state index >= 15 is 0 Å². The van der Waals surface area contributed by atoms with Crippen LogP contribution in [0.5, 0.6) is 0 Å². The number of carbonyl (C=O) groups excluding carboxylic acids is 1. The molecule has 0 saturated heterocycles. The number of hydrogen-bond acceptors (Lipinski definition) is 3. The zero-order valence-electron chi connectivity index (χ0n) is 11.6. The molecule has 6 heteroatoms. The summed E-state index contributed by atoms with van der Waals surface area (Å²) in [6, 6.07) is 11.9. The van der Waals surface area contributed by atoms with Gasteiger partial charge in [0, 0.05) is 0 Å². The van der Waals surface area contributed by atoms with E-state index in [0.717, 1.165) is 5.56 Å². The largest absolute Gasteiger partial charge is 0.465 e. The van der Waals surface area contributed by atoms with Crippen molar-refractivity contribution in [3.63, 3.8) is 0 Å². The summed E-state index contributed by atoms with van der Waals surface area (Å²) in [5.74, 6) is -0.463. The van der Waals surface area contributed by atoms with Crippen LogP contribution in [0.2, 0.25) is 0 Å². The van der Waals surface area contributed by atoms with E-state index in [-0.39, 0.29) is 5.56 Å². The van der Waals surface area contributed by atoms with E-state index in [9.17, 15) is 18.0 Å². The predicted molar refractivity (Wildman–Crippen MR) is 74.2 cm³/mol. The van der Waals surface area contributed by atoms with Crippen molar-refractivity contribution in [1.82, 2.24) is 0 Å². The Morgan fingerprint density at radius 1 is 1.00 bits per heavy atom. The van der Waals surface area contributed by atoms with E-state index in [1.54, 1.807) is 24.3 Å². The molecule has 0 saturated carbocycles. The molecule has 2 rings (SSSR count). The standard InChI is InChI=1S/C16H13F3O3/c1-22-15(21)13-8-4-11(5-9-13)10-2-6-12(7-3-10)14(20)16(17,18)19/h2-9,14,20H,1H3/t14-/m0/s1. The fraction of sp³-hybridized carbons (Fsp3) is 0.188. The monoisotopic (exact) mass is 310 g/mol. The van der Waals surface area contributed by atoms with Gasteiger partial charge in [-0.1, -0.05) is 36.4 Å². The van der Waals surface area contributed by atoms with Gasteiger partial charge in [0.25, 0.3) is 0 Å². The number of ether oxygens (including phenoxy) is 1. The van der Waals surface area contributed by atoms with Crippen LogP contribution in [0.3, 0.4) is 0 Å². The van der Waals surface area contributed by atoms with Crippen LogP contribution in [0.4, 0.5) is 13.2 Å². The number of benzene rings is 2. The highest BCUT2D eigenvalue weighted by molar-refractivity contribution is 5.89. The normalized spacial score (nSPS) is 12.8. The fourth-order valence-electron chi connectivity index (χ4n) is 1.96. The summed E-state index contributed by atoms with van der Waals surface area (Å²) in [6.07, 6.45) is -7.19. The van der Waals surface area contributed by atoms with Crippen LogP contribution < -0.4 is 0 Å². The zero-order chi connectivity index (χ0) is 16.3. The first-order valence-electron chi connectivity index (χ1n) is 6.36. The maximum atomic E-state index is 12.4. The van der Waals surface area contributed by atoms with E-state index in [0.29, 0.717) is 11.1 Å². The van der Waals surface area contributed by atoms with Gasteiger partial charge in [-0.15, -0.1) is 0 Å². The van der Waals surface area contributed by atoms with Crippen LogP contribution in [0, 0.1) is 0 Å². The summed E-state index contributed by atoms with van der Waals surface area (Å²) in [6.45, 7) is 0. The third-order valence-electron chi connectivity index (χ3n) is 3.18. The molecule has 2 aromatic rings. The molecular formula is C16H13F3O3. The van der Waals surface area contributed by atoms with Gasteiger partial charge in [0.05, 0.1) is 12.7 Å². The third kappa shape index (κ3) is 3.46. The van der Waals surface area contributed by atoms with Gasteiger partial charge in [0.2, 0.25) is 0 Å². The van der Waals surface area contributed by atoms with Gasteiger partial charge in [0.1, 0.15) is 0 Å². The Labute approximate surface area is 125 Å². The second-order valence-electron chi connectivity index (χ2n) is 4.64. The van der Waals surface area contributed by atoms with E-state index in [2.05, 4.69) is 4.74 Å². The Kier molecular flexibility index (Phi) is 4.51. The van der Waals surface area contributed by atoms with Crippen LogP contribution in [0.15, 0.2) is 48.5 Å². The number of aliphatic hydroxyl groups excluding tert-OH is 1. The Balaban J connectivity index is 2.22. The van der Waals surface area contributed by atoms with Crippen LogP contribution in [-0.2, 0) is 4.74 Å². The second-order valence-corrected chi connectivity index (χ2v) is 4.64. The number of halogens is 3. The first-order valence-corrected chi connectivity index (χ1v) is 6.36. The van der Waals surface area contributed by atoms with E-state index in [1.165, 1.54) is 31.4 Å². The molecule has 0 aliphatic carbocycles. The zero-order valence-corrected chi connectivity index (χ0v) is 11.6. The molecule has 22 heavy (non-hydrogen) atoms. The molecule has 116 valence electrons. The van der Waals surface area contributed by atoms with Gasteiger partial charge in [-0.3, -0.25) is 0 Å². The molecule has 0 aliphatic heterocycles. The summed E-state index contributed by atoms with van der Waals surface area (Å²) >= 11 is 0. The van der Waals surface area contributed by atoms with Gasteiger partial charge < -0.3 is 9.84 Å². The lowest BCUT2D eigenvalue weighted by Gasteiger charge is -2.15. The van der Waals surface area contributed by atoms with Crippen LogP contribution in [-0.4, -0.2) is 24.4 Å². The number of carbonyl (C=O) groups is 1. The number of alkyl halides is 3. The average Bonchev–Trinajstić information content (AvgIpc) is 2.53. The van der Waals surface area contributed by atoms with Crippen LogP contribution in [0.25, 0.3) is 11.1 Å². The maximum absolute atomic E-state index is 12.4. The quantitative estimate of drug-likeness (QED) is 0.879. The first-order chi connectivity index (χ1) is 10.3. The van der Waals surface area contributed by atoms with Crippen molar-refractivity contribution in [3.05, 3.63) is 59.7 Å². The van der Waals surface area contributed by atoms with Crippen molar-refractivity contribution in [3.8, 4) is 11.1 Å². The van der Waals surface area contributed by atoms with Crippen molar-refractivity contribution < 1.29 is 27.8 Å². The molecule has 0 heterocycles. The Morgan fingerprint density at radius 3 is 1.86 bits per heavy atom. The molecule has 1 atom stereocenters. The minimum atomic E-state index is -4.69. The van der Waals surface area contributed by atoms with Crippen molar-refractivity contribution in [2.24, 2.45) is 0 Å². The molecule has 2 aromatic carbocycles. The van der Waals surface area contributed by atoms with Gasteiger partial charge in [0.15, 0.2) is 6.10 Å². The Hall–Kier alpha value is -2.34. The van der Waals surface area contributed by atoms with Gasteiger partial charge in [-0.05, 0) is 28.8 Å². The van der Waals surface area contributed by atoms with Gasteiger partial charge in [-0.2, -0.15) is 13.2 Å². The van der Waals surface area contributed by atoms with E-state index in [1.807, 2.05) is 0 Å². The molecule has 0 bridgehead atoms. The molecule has 0 radical (unpaired) electrons. The van der Waals surface area contributed by atoms with Crippen molar-refractivity contribution in [1.29, 1.82) is 0 Å². The number of methoxy groups -OCH3 is 1. The van der Waals surface area contributed by atoms with Crippen LogP contribution >= 0.6 is 0 Å². The van der Waals surface area contributed by atoms with Crippen molar-refractivity contribution >= 4 is 5.97 Å². The fourth-order valence-corrected chi connectivity index (χ4v) is 1.96. The minimum Gasteiger partial charge on any atom is -0.465 e. The predicted octanol–water partition coefficient (Wildman–Crippen LogP) is 3.74. The third-order valence-corrected chi connectivity index (χ3v) is 3.18. The molecule has 0 spiro atoms. The number of rotatable bonds is 3. The lowest BCUT2D eigenvalue weighted by molar-refractivity contribution is -0.206. The Morgan fingerprint density at radius 2 is 1.45 bits per heavy atom. The molecular weight excluding hydrogens is 297 g/mol. The smallest absolute Gasteiger partial charge is 0.418 e. The number of aliphatic hydroxyl groups is 1. The minimum absolute atomic E-state index is 0.220. The topological polar surface area (TPSA) is 46.5 Å². The highest BCUT2D eigenvalue weighted by Gasteiger charge is 2.39. The lowest BCUT2D eigenvalue weighted by atomic mass is 10.0. The molecule has 0 unspecified atom stereocenters. The second kappa shape index (κ2) is 6.19. The summed E-state index contributed by atoms with van der Waals surface area (Å²) in [4.78, 5) is 11.3. The molecule has 0 aromatic heterocycles. The SMILES string of the molecule is COC(=O)c1ccc(-c2ccc([C@H](O)C(F)(F)F)cc2)cc1. The summed E-state index contributed by atoms with van der Waals surface area (Å²) < 4.78 is 41.8. The molecule has 0 aliphatic rings. The van der Waals surface area contributed by atoms with Gasteiger partial charge >= 0.3 is 12.1 Å². The van der Waals surface area contributed by atoms with Crippen LogP contribution in [0.1, 0.15) is 22.0 Å². The van der Waals surface area contributed by atoms with Gasteiger partial charge in [-0.25, -0.2) is 4.79 Å². The summed E-state index contributed by atoms with van der Waals surface area (Å²) in [7, 11) is 1.28. The average molecular weight is 310 g/mol. The van der Waals surface area contributed by atoms with E-state index in [4.69, 9.17) is 5.11 Å². The molecule has 0 amide bonds. The summed E-state index contributed by atoms with van der Waals surface area (Å²) in [5, 5.41) is 9.17. The number of esters is 1. The molecule has 3 nitrogen and oxygen atoms in total.